The lowest BCUT2D eigenvalue weighted by Gasteiger charge is -2.24. The van der Waals surface area contributed by atoms with E-state index in [0.717, 1.165) is 5.57 Å². The molecule has 0 saturated carbocycles. The van der Waals surface area contributed by atoms with Crippen LogP contribution in [0.2, 0.25) is 0 Å². The Hall–Kier alpha value is -0.860. The van der Waals surface area contributed by atoms with E-state index in [1.807, 2.05) is 7.05 Å². The fourth-order valence-electron chi connectivity index (χ4n) is 1.04. The highest BCUT2D eigenvalue weighted by Crippen LogP contribution is 2.07. The fraction of sp³-hybridized carbons (Fsp3) is 0.500. The normalized spacial score (nSPS) is 14.6. The SMILES string of the molecule is C=C/C=C(\C=C)[C@H](O)CN(C)C(C)C. The summed E-state index contributed by atoms with van der Waals surface area (Å²) in [6, 6.07) is 0.430. The van der Waals surface area contributed by atoms with Crippen molar-refractivity contribution in [3.8, 4) is 0 Å². The highest BCUT2D eigenvalue weighted by Gasteiger charge is 2.12. The van der Waals surface area contributed by atoms with Gasteiger partial charge >= 0.3 is 0 Å². The molecule has 0 saturated heterocycles. The van der Waals surface area contributed by atoms with Gasteiger partial charge in [-0.1, -0.05) is 31.4 Å². The second-order valence-electron chi connectivity index (χ2n) is 3.66. The van der Waals surface area contributed by atoms with Gasteiger partial charge in [-0.2, -0.15) is 0 Å². The molecule has 0 amide bonds. The van der Waals surface area contributed by atoms with Crippen LogP contribution in [0.25, 0.3) is 0 Å². The van der Waals surface area contributed by atoms with E-state index in [1.165, 1.54) is 0 Å². The Balaban J connectivity index is 4.31. The van der Waals surface area contributed by atoms with Crippen molar-refractivity contribution in [2.45, 2.75) is 26.0 Å². The van der Waals surface area contributed by atoms with Crippen molar-refractivity contribution in [3.05, 3.63) is 37.0 Å². The molecule has 2 heteroatoms. The van der Waals surface area contributed by atoms with Crippen LogP contribution in [0.4, 0.5) is 0 Å². The summed E-state index contributed by atoms with van der Waals surface area (Å²) < 4.78 is 0. The van der Waals surface area contributed by atoms with E-state index in [2.05, 4.69) is 31.9 Å². The maximum atomic E-state index is 9.83. The molecule has 1 N–H and O–H groups in total. The van der Waals surface area contributed by atoms with Gasteiger partial charge in [0.05, 0.1) is 6.10 Å². The van der Waals surface area contributed by atoms with Gasteiger partial charge < -0.3 is 10.0 Å². The number of likely N-dealkylation sites (N-methyl/N-ethyl adjacent to an activating group) is 1. The summed E-state index contributed by atoms with van der Waals surface area (Å²) in [5.41, 5.74) is 0.812. The van der Waals surface area contributed by atoms with Crippen molar-refractivity contribution in [1.29, 1.82) is 0 Å². The highest BCUT2D eigenvalue weighted by molar-refractivity contribution is 5.25. The predicted octanol–water partition coefficient (Wildman–Crippen LogP) is 1.99. The molecule has 0 fully saturated rings. The molecule has 0 aromatic rings. The van der Waals surface area contributed by atoms with E-state index in [1.54, 1.807) is 18.2 Å². The Kier molecular flexibility index (Phi) is 6.17. The Morgan fingerprint density at radius 3 is 2.36 bits per heavy atom. The second-order valence-corrected chi connectivity index (χ2v) is 3.66. The number of aliphatic hydroxyl groups excluding tert-OH is 1. The Morgan fingerprint density at radius 1 is 1.43 bits per heavy atom. The highest BCUT2D eigenvalue weighted by atomic mass is 16.3. The van der Waals surface area contributed by atoms with Gasteiger partial charge in [-0.25, -0.2) is 0 Å². The zero-order valence-corrected chi connectivity index (χ0v) is 9.40. The van der Waals surface area contributed by atoms with Crippen LogP contribution in [0.3, 0.4) is 0 Å². The van der Waals surface area contributed by atoms with Crippen LogP contribution in [0.1, 0.15) is 13.8 Å². The predicted molar refractivity (Wildman–Crippen MR) is 62.2 cm³/mol. The van der Waals surface area contributed by atoms with E-state index < -0.39 is 6.10 Å². The summed E-state index contributed by atoms with van der Waals surface area (Å²) in [5.74, 6) is 0. The first kappa shape index (κ1) is 13.1. The molecule has 0 radical (unpaired) electrons. The number of aliphatic hydroxyl groups is 1. The maximum absolute atomic E-state index is 9.83. The summed E-state index contributed by atoms with van der Waals surface area (Å²) in [7, 11) is 1.99. The van der Waals surface area contributed by atoms with Gasteiger partial charge in [-0.05, 0) is 26.5 Å². The minimum atomic E-state index is -0.488. The first-order chi connectivity index (χ1) is 6.52. The third-order valence-electron chi connectivity index (χ3n) is 2.27. The van der Waals surface area contributed by atoms with E-state index in [4.69, 9.17) is 0 Å². The summed E-state index contributed by atoms with van der Waals surface area (Å²) in [6.07, 6.45) is 4.62. The monoisotopic (exact) mass is 195 g/mol. The molecule has 80 valence electrons. The quantitative estimate of drug-likeness (QED) is 0.655. The van der Waals surface area contributed by atoms with Crippen molar-refractivity contribution in [2.24, 2.45) is 0 Å². The van der Waals surface area contributed by atoms with Gasteiger partial charge in [0, 0.05) is 12.6 Å². The van der Waals surface area contributed by atoms with Crippen LogP contribution in [-0.4, -0.2) is 35.7 Å². The second kappa shape index (κ2) is 6.57. The molecule has 0 aliphatic rings. The van der Waals surface area contributed by atoms with Gasteiger partial charge in [0.2, 0.25) is 0 Å². The number of rotatable bonds is 6. The molecule has 0 aliphatic carbocycles. The van der Waals surface area contributed by atoms with E-state index in [0.29, 0.717) is 12.6 Å². The van der Waals surface area contributed by atoms with E-state index in [9.17, 15) is 5.11 Å². The molecule has 0 unspecified atom stereocenters. The minimum absolute atomic E-state index is 0.430. The Labute approximate surface area is 87.2 Å². The molecule has 14 heavy (non-hydrogen) atoms. The van der Waals surface area contributed by atoms with Gasteiger partial charge in [0.1, 0.15) is 0 Å². The zero-order chi connectivity index (χ0) is 11.1. The topological polar surface area (TPSA) is 23.5 Å². The van der Waals surface area contributed by atoms with Gasteiger partial charge in [-0.15, -0.1) is 0 Å². The van der Waals surface area contributed by atoms with Gasteiger partial charge in [0.15, 0.2) is 0 Å². The van der Waals surface area contributed by atoms with Gasteiger partial charge in [-0.3, -0.25) is 0 Å². The van der Waals surface area contributed by atoms with E-state index >= 15 is 0 Å². The average molecular weight is 195 g/mol. The first-order valence-corrected chi connectivity index (χ1v) is 4.86. The zero-order valence-electron chi connectivity index (χ0n) is 9.40. The third kappa shape index (κ3) is 4.40. The Bertz CT molecular complexity index is 218. The summed E-state index contributed by atoms with van der Waals surface area (Å²) in [6.45, 7) is 12.1. The maximum Gasteiger partial charge on any atom is 0.0916 e. The lowest BCUT2D eigenvalue weighted by molar-refractivity contribution is 0.140. The molecule has 0 aromatic carbocycles. The molecule has 0 aliphatic heterocycles. The first-order valence-electron chi connectivity index (χ1n) is 4.86. The van der Waals surface area contributed by atoms with E-state index in [-0.39, 0.29) is 0 Å². The summed E-state index contributed by atoms with van der Waals surface area (Å²) in [4.78, 5) is 2.09. The van der Waals surface area contributed by atoms with Crippen LogP contribution in [0.15, 0.2) is 37.0 Å². The van der Waals surface area contributed by atoms with Crippen LogP contribution in [0.5, 0.6) is 0 Å². The Morgan fingerprint density at radius 2 is 2.00 bits per heavy atom. The van der Waals surface area contributed by atoms with Crippen LogP contribution < -0.4 is 0 Å². The molecule has 0 spiro atoms. The number of hydrogen-bond donors (Lipinski definition) is 1. The number of hydrogen-bond acceptors (Lipinski definition) is 2. The molecule has 0 bridgehead atoms. The van der Waals surface area contributed by atoms with Gasteiger partial charge in [0.25, 0.3) is 0 Å². The molecular formula is C12H21NO. The standard InChI is InChI=1S/C12H21NO/c1-6-8-11(7-2)12(14)9-13(5)10(3)4/h6-8,10,12,14H,1-2,9H2,3-5H3/b11-8+/t12-/m1/s1. The van der Waals surface area contributed by atoms with Crippen molar-refractivity contribution in [1.82, 2.24) is 4.90 Å². The lowest BCUT2D eigenvalue weighted by Crippen LogP contribution is -2.34. The van der Waals surface area contributed by atoms with Crippen molar-refractivity contribution in [2.75, 3.05) is 13.6 Å². The number of allylic oxidation sites excluding steroid dienone is 2. The van der Waals surface area contributed by atoms with Crippen LogP contribution in [-0.2, 0) is 0 Å². The molecule has 0 heterocycles. The minimum Gasteiger partial charge on any atom is -0.387 e. The molecule has 0 rings (SSSR count). The largest absolute Gasteiger partial charge is 0.387 e. The fourth-order valence-corrected chi connectivity index (χ4v) is 1.04. The number of nitrogens with zero attached hydrogens (tertiary/aromatic N) is 1. The average Bonchev–Trinajstić information content (AvgIpc) is 2.13. The van der Waals surface area contributed by atoms with Crippen molar-refractivity contribution < 1.29 is 5.11 Å². The molecule has 1 atom stereocenters. The van der Waals surface area contributed by atoms with Crippen molar-refractivity contribution >= 4 is 0 Å². The molecule has 2 nitrogen and oxygen atoms in total. The summed E-state index contributed by atoms with van der Waals surface area (Å²) >= 11 is 0. The van der Waals surface area contributed by atoms with Crippen molar-refractivity contribution in [3.63, 3.8) is 0 Å². The van der Waals surface area contributed by atoms with Crippen LogP contribution >= 0.6 is 0 Å². The molecule has 0 aromatic heterocycles. The smallest absolute Gasteiger partial charge is 0.0916 e. The molecular weight excluding hydrogens is 174 g/mol. The lowest BCUT2D eigenvalue weighted by atomic mass is 10.1. The third-order valence-corrected chi connectivity index (χ3v) is 2.27. The van der Waals surface area contributed by atoms with Crippen LogP contribution in [0, 0.1) is 0 Å². The summed E-state index contributed by atoms with van der Waals surface area (Å²) in [5, 5.41) is 9.83.